The third-order valence-corrected chi connectivity index (χ3v) is 4.26. The van der Waals surface area contributed by atoms with Crippen molar-refractivity contribution >= 4 is 23.0 Å². The predicted molar refractivity (Wildman–Crippen MR) is 77.6 cm³/mol. The summed E-state index contributed by atoms with van der Waals surface area (Å²) < 4.78 is 6.07. The van der Waals surface area contributed by atoms with E-state index in [0.717, 1.165) is 12.1 Å². The van der Waals surface area contributed by atoms with Crippen molar-refractivity contribution in [2.45, 2.75) is 32.0 Å². The molecule has 106 valence electrons. The molecule has 2 heterocycles. The van der Waals surface area contributed by atoms with Crippen molar-refractivity contribution in [2.75, 3.05) is 6.54 Å². The molecule has 2 atom stereocenters. The average Bonchev–Trinajstić information content (AvgIpc) is 2.37. The normalized spacial score (nSPS) is 27.4. The van der Waals surface area contributed by atoms with Crippen LogP contribution < -0.4 is 10.1 Å². The molecule has 1 saturated heterocycles. The van der Waals surface area contributed by atoms with Gasteiger partial charge in [-0.3, -0.25) is 10.1 Å². The monoisotopic (exact) mass is 293 g/mol. The summed E-state index contributed by atoms with van der Waals surface area (Å²) in [6, 6.07) is 4.66. The van der Waals surface area contributed by atoms with Gasteiger partial charge in [0.05, 0.1) is 11.0 Å². The lowest BCUT2D eigenvalue weighted by atomic mass is 9.90. The van der Waals surface area contributed by atoms with Gasteiger partial charge in [0, 0.05) is 30.7 Å². The molecule has 2 unspecified atom stereocenters. The summed E-state index contributed by atoms with van der Waals surface area (Å²) in [7, 11) is 0. The van der Waals surface area contributed by atoms with E-state index in [1.165, 1.54) is 6.07 Å². The summed E-state index contributed by atoms with van der Waals surface area (Å²) >= 11 is 5.37. The quantitative estimate of drug-likeness (QED) is 0.513. The number of ether oxygens (including phenoxy) is 1. The zero-order chi connectivity index (χ0) is 14.5. The second-order valence-electron chi connectivity index (χ2n) is 5.21. The molecule has 0 saturated carbocycles. The Morgan fingerprint density at radius 2 is 2.40 bits per heavy atom. The first-order valence-electron chi connectivity index (χ1n) is 6.50. The molecule has 6 nitrogen and oxygen atoms in total. The van der Waals surface area contributed by atoms with Gasteiger partial charge in [-0.25, -0.2) is 0 Å². The van der Waals surface area contributed by atoms with Crippen molar-refractivity contribution in [1.29, 1.82) is 0 Å². The van der Waals surface area contributed by atoms with E-state index in [9.17, 15) is 10.1 Å². The van der Waals surface area contributed by atoms with Gasteiger partial charge in [-0.2, -0.15) is 0 Å². The zero-order valence-corrected chi connectivity index (χ0v) is 12.1. The molecule has 7 heteroatoms. The van der Waals surface area contributed by atoms with Crippen LogP contribution in [0.3, 0.4) is 0 Å². The number of benzene rings is 1. The molecule has 1 fully saturated rings. The van der Waals surface area contributed by atoms with E-state index in [4.69, 9.17) is 17.0 Å². The number of fused-ring (bicyclic) bond motifs is 4. The molecule has 0 radical (unpaired) electrons. The maximum Gasteiger partial charge on any atom is 0.270 e. The number of nitrogens with zero attached hydrogens (tertiary/aromatic N) is 2. The Balaban J connectivity index is 2.07. The summed E-state index contributed by atoms with van der Waals surface area (Å²) in [5, 5.41) is 14.8. The van der Waals surface area contributed by atoms with Gasteiger partial charge in [-0.15, -0.1) is 0 Å². The van der Waals surface area contributed by atoms with E-state index >= 15 is 0 Å². The van der Waals surface area contributed by atoms with Crippen molar-refractivity contribution in [1.82, 2.24) is 10.2 Å². The first kappa shape index (κ1) is 13.1. The summed E-state index contributed by atoms with van der Waals surface area (Å²) in [6.07, 6.45) is 0.704. The summed E-state index contributed by atoms with van der Waals surface area (Å²) in [4.78, 5) is 12.5. The fraction of sp³-hybridized carbons (Fsp3) is 0.462. The van der Waals surface area contributed by atoms with Crippen molar-refractivity contribution in [3.8, 4) is 5.75 Å². The highest BCUT2D eigenvalue weighted by atomic mass is 32.1. The van der Waals surface area contributed by atoms with Crippen molar-refractivity contribution in [3.05, 3.63) is 33.9 Å². The summed E-state index contributed by atoms with van der Waals surface area (Å²) in [6.45, 7) is 4.77. The second kappa shape index (κ2) is 4.31. The van der Waals surface area contributed by atoms with Crippen LogP contribution in [-0.2, 0) is 0 Å². The van der Waals surface area contributed by atoms with Crippen LogP contribution >= 0.6 is 12.2 Å². The van der Waals surface area contributed by atoms with E-state index in [0.29, 0.717) is 17.3 Å². The van der Waals surface area contributed by atoms with Gasteiger partial charge in [-0.05, 0) is 32.1 Å². The molecule has 2 aliphatic rings. The number of thiocarbonyl (C=S) groups is 1. The van der Waals surface area contributed by atoms with Crippen LogP contribution in [0, 0.1) is 10.1 Å². The van der Waals surface area contributed by atoms with Crippen LogP contribution in [-0.4, -0.2) is 27.2 Å². The van der Waals surface area contributed by atoms with Gasteiger partial charge >= 0.3 is 0 Å². The SMILES string of the molecule is CCN1C(=S)NC2CC1(C)Oc1ccc([N+](=O)[O-])cc12. The number of non-ortho nitro benzene ring substituents is 1. The third-order valence-electron chi connectivity index (χ3n) is 3.92. The average molecular weight is 293 g/mol. The Bertz CT molecular complexity index is 607. The third kappa shape index (κ3) is 1.81. The van der Waals surface area contributed by atoms with Gasteiger partial charge in [0.15, 0.2) is 10.8 Å². The molecule has 0 aliphatic carbocycles. The Labute approximate surface area is 121 Å². The topological polar surface area (TPSA) is 67.6 Å². The van der Waals surface area contributed by atoms with E-state index in [1.54, 1.807) is 12.1 Å². The highest BCUT2D eigenvalue weighted by molar-refractivity contribution is 7.80. The molecular weight excluding hydrogens is 278 g/mol. The van der Waals surface area contributed by atoms with E-state index in [2.05, 4.69) is 5.32 Å². The number of nitro benzene ring substituents is 1. The smallest absolute Gasteiger partial charge is 0.270 e. The van der Waals surface area contributed by atoms with Gasteiger partial charge in [-0.1, -0.05) is 0 Å². The molecular formula is C13H15N3O3S. The van der Waals surface area contributed by atoms with Crippen LogP contribution in [0.4, 0.5) is 5.69 Å². The molecule has 1 aromatic rings. The first-order valence-corrected chi connectivity index (χ1v) is 6.91. The molecule has 2 bridgehead atoms. The molecule has 1 N–H and O–H groups in total. The lowest BCUT2D eigenvalue weighted by molar-refractivity contribution is -0.385. The van der Waals surface area contributed by atoms with Crippen molar-refractivity contribution in [3.63, 3.8) is 0 Å². The van der Waals surface area contributed by atoms with E-state index in [-0.39, 0.29) is 11.7 Å². The highest BCUT2D eigenvalue weighted by Crippen LogP contribution is 2.44. The lowest BCUT2D eigenvalue weighted by Gasteiger charge is -2.52. The highest BCUT2D eigenvalue weighted by Gasteiger charge is 2.47. The molecule has 20 heavy (non-hydrogen) atoms. The number of hydrogen-bond donors (Lipinski definition) is 1. The van der Waals surface area contributed by atoms with Crippen LogP contribution in [0.5, 0.6) is 5.75 Å². The standard InChI is InChI=1S/C13H15N3O3S/c1-3-15-12(20)14-10-7-13(15,2)19-11-5-4-8(16(17)18)6-9(10)11/h4-6,10H,3,7H2,1-2H3,(H,14,20). The van der Waals surface area contributed by atoms with E-state index in [1.807, 2.05) is 18.7 Å². The summed E-state index contributed by atoms with van der Waals surface area (Å²) in [5.74, 6) is 0.683. The first-order chi connectivity index (χ1) is 9.44. The fourth-order valence-corrected chi connectivity index (χ4v) is 3.46. The zero-order valence-electron chi connectivity index (χ0n) is 11.3. The predicted octanol–water partition coefficient (Wildman–Crippen LogP) is 2.34. The molecule has 0 aromatic heterocycles. The Morgan fingerprint density at radius 1 is 1.65 bits per heavy atom. The Hall–Kier alpha value is -1.89. The molecule has 2 aliphatic heterocycles. The van der Waals surface area contributed by atoms with Crippen LogP contribution in [0.25, 0.3) is 0 Å². The summed E-state index contributed by atoms with van der Waals surface area (Å²) in [5.41, 5.74) is 0.376. The van der Waals surface area contributed by atoms with Crippen LogP contribution in [0.2, 0.25) is 0 Å². The van der Waals surface area contributed by atoms with E-state index < -0.39 is 10.6 Å². The molecule has 3 rings (SSSR count). The van der Waals surface area contributed by atoms with Crippen LogP contribution in [0.1, 0.15) is 31.9 Å². The maximum absolute atomic E-state index is 10.9. The van der Waals surface area contributed by atoms with Gasteiger partial charge in [0.25, 0.3) is 5.69 Å². The largest absolute Gasteiger partial charge is 0.468 e. The minimum absolute atomic E-state index is 0.0426. The Morgan fingerprint density at radius 3 is 3.05 bits per heavy atom. The maximum atomic E-state index is 10.9. The van der Waals surface area contributed by atoms with Crippen molar-refractivity contribution in [2.24, 2.45) is 0 Å². The second-order valence-corrected chi connectivity index (χ2v) is 5.59. The van der Waals surface area contributed by atoms with Gasteiger partial charge in [0.1, 0.15) is 5.75 Å². The van der Waals surface area contributed by atoms with Crippen LogP contribution in [0.15, 0.2) is 18.2 Å². The Kier molecular flexibility index (Phi) is 2.82. The molecule has 0 amide bonds. The number of nitrogens with one attached hydrogen (secondary N) is 1. The number of hydrogen-bond acceptors (Lipinski definition) is 4. The minimum atomic E-state index is -0.495. The fourth-order valence-electron chi connectivity index (χ4n) is 3.00. The van der Waals surface area contributed by atoms with Gasteiger partial charge in [0.2, 0.25) is 0 Å². The van der Waals surface area contributed by atoms with Crippen molar-refractivity contribution < 1.29 is 9.66 Å². The number of nitro groups is 1. The number of rotatable bonds is 2. The minimum Gasteiger partial charge on any atom is -0.468 e. The molecule has 1 aromatic carbocycles. The van der Waals surface area contributed by atoms with Gasteiger partial charge < -0.3 is 15.0 Å². The molecule has 0 spiro atoms. The lowest BCUT2D eigenvalue weighted by Crippen LogP contribution is -2.64.